The predicted molar refractivity (Wildman–Crippen MR) is 38.7 cm³/mol. The van der Waals surface area contributed by atoms with Gasteiger partial charge in [0.25, 0.3) is 5.91 Å². The van der Waals surface area contributed by atoms with Crippen molar-refractivity contribution in [2.75, 3.05) is 13.6 Å². The summed E-state index contributed by atoms with van der Waals surface area (Å²) in [6.07, 6.45) is 0. The van der Waals surface area contributed by atoms with Gasteiger partial charge in [-0.1, -0.05) is 0 Å². The van der Waals surface area contributed by atoms with E-state index in [-0.39, 0.29) is 17.8 Å². The zero-order valence-electron chi connectivity index (χ0n) is 6.16. The molecule has 1 heterocycles. The minimum atomic E-state index is -0.168. The number of nitrogens with zero attached hydrogens (tertiary/aromatic N) is 2. The van der Waals surface area contributed by atoms with Crippen LogP contribution in [0.5, 0.6) is 0 Å². The van der Waals surface area contributed by atoms with E-state index in [1.54, 1.807) is 11.9 Å². The molecule has 0 saturated carbocycles. The Balaban J connectivity index is 2.81. The number of hydrogen-bond donors (Lipinski definition) is 1. The normalized spacial score (nSPS) is 26.6. The van der Waals surface area contributed by atoms with Gasteiger partial charge in [-0.2, -0.15) is 0 Å². The molecule has 0 aliphatic carbocycles. The highest BCUT2D eigenvalue weighted by molar-refractivity contribution is 6.37. The quantitative estimate of drug-likeness (QED) is 0.480. The van der Waals surface area contributed by atoms with Gasteiger partial charge in [0.2, 0.25) is 0 Å². The second-order valence-electron chi connectivity index (χ2n) is 2.55. The predicted octanol–water partition coefficient (Wildman–Crippen LogP) is -0.796. The number of aliphatic imine (C=N–C) groups is 1. The summed E-state index contributed by atoms with van der Waals surface area (Å²) in [6, 6.07) is 0.141. The summed E-state index contributed by atoms with van der Waals surface area (Å²) in [6.45, 7) is 2.59. The van der Waals surface area contributed by atoms with E-state index >= 15 is 0 Å². The highest BCUT2D eigenvalue weighted by Gasteiger charge is 2.20. The molecule has 0 saturated heterocycles. The van der Waals surface area contributed by atoms with Crippen molar-refractivity contribution in [3.63, 3.8) is 0 Å². The highest BCUT2D eigenvalue weighted by atomic mass is 16.2. The van der Waals surface area contributed by atoms with E-state index in [0.717, 1.165) is 0 Å². The molecule has 1 aliphatic rings. The fourth-order valence-electron chi connectivity index (χ4n) is 1.01. The van der Waals surface area contributed by atoms with Crippen molar-refractivity contribution >= 4 is 11.7 Å². The van der Waals surface area contributed by atoms with Gasteiger partial charge in [-0.15, -0.1) is 0 Å². The molecule has 4 heteroatoms. The first kappa shape index (κ1) is 7.05. The Hall–Kier alpha value is -1.06. The van der Waals surface area contributed by atoms with Crippen molar-refractivity contribution < 1.29 is 4.79 Å². The van der Waals surface area contributed by atoms with E-state index in [1.165, 1.54) is 0 Å². The average Bonchev–Trinajstić information content (AvgIpc) is 1.82. The fourth-order valence-corrected chi connectivity index (χ4v) is 1.01. The molecule has 1 amide bonds. The Morgan fingerprint density at radius 3 is 2.90 bits per heavy atom. The number of carbonyl (C=O) groups is 1. The number of hydrogen-bond acceptors (Lipinski definition) is 3. The first-order chi connectivity index (χ1) is 4.61. The summed E-state index contributed by atoms with van der Waals surface area (Å²) in [7, 11) is 1.72. The average molecular weight is 141 g/mol. The third-order valence-corrected chi connectivity index (χ3v) is 1.46. The molecule has 56 valence electrons. The maximum atomic E-state index is 10.9. The maximum Gasteiger partial charge on any atom is 0.288 e. The molecular weight excluding hydrogens is 130 g/mol. The first-order valence-electron chi connectivity index (χ1n) is 3.20. The zero-order valence-corrected chi connectivity index (χ0v) is 6.16. The van der Waals surface area contributed by atoms with E-state index in [9.17, 15) is 4.79 Å². The molecule has 1 atom stereocenters. The number of amidine groups is 1. The van der Waals surface area contributed by atoms with E-state index < -0.39 is 0 Å². The summed E-state index contributed by atoms with van der Waals surface area (Å²) in [5.74, 6) is -0.0423. The molecule has 0 bridgehead atoms. The lowest BCUT2D eigenvalue weighted by molar-refractivity contribution is -0.123. The molecule has 0 aromatic heterocycles. The van der Waals surface area contributed by atoms with Crippen LogP contribution in [-0.2, 0) is 4.79 Å². The molecule has 2 N–H and O–H groups in total. The molecule has 0 fully saturated rings. The summed E-state index contributed by atoms with van der Waals surface area (Å²) in [5.41, 5.74) is 5.32. The number of nitrogens with two attached hydrogens (primary N) is 1. The van der Waals surface area contributed by atoms with Crippen LogP contribution in [0.15, 0.2) is 4.99 Å². The molecule has 1 rings (SSSR count). The molecule has 0 aromatic rings. The fraction of sp³-hybridized carbons (Fsp3) is 0.667. The number of amides is 1. The van der Waals surface area contributed by atoms with Crippen LogP contribution in [-0.4, -0.2) is 36.3 Å². The zero-order chi connectivity index (χ0) is 7.72. The molecular formula is C6H11N3O. The largest absolute Gasteiger partial charge is 0.379 e. The van der Waals surface area contributed by atoms with Gasteiger partial charge in [0.1, 0.15) is 0 Å². The third kappa shape index (κ3) is 1.10. The lowest BCUT2D eigenvalue weighted by Gasteiger charge is -2.23. The van der Waals surface area contributed by atoms with E-state index in [1.807, 2.05) is 6.92 Å². The number of rotatable bonds is 0. The van der Waals surface area contributed by atoms with Gasteiger partial charge in [0.05, 0.1) is 6.04 Å². The van der Waals surface area contributed by atoms with E-state index in [4.69, 9.17) is 5.73 Å². The minimum Gasteiger partial charge on any atom is -0.379 e. The summed E-state index contributed by atoms with van der Waals surface area (Å²) >= 11 is 0. The van der Waals surface area contributed by atoms with Gasteiger partial charge in [0.15, 0.2) is 5.84 Å². The van der Waals surface area contributed by atoms with Crippen LogP contribution < -0.4 is 5.73 Å². The smallest absolute Gasteiger partial charge is 0.288 e. The standard InChI is InChI=1S/C6H11N3O/c1-4-3-9(2)6(10)5(7)8-4/h4H,3H2,1-2H3,(H2,7,8). The molecule has 0 radical (unpaired) electrons. The molecule has 1 unspecified atom stereocenters. The molecule has 10 heavy (non-hydrogen) atoms. The van der Waals surface area contributed by atoms with Crippen molar-refractivity contribution in [2.24, 2.45) is 10.7 Å². The van der Waals surface area contributed by atoms with Gasteiger partial charge in [-0.3, -0.25) is 9.79 Å². The van der Waals surface area contributed by atoms with Gasteiger partial charge in [0, 0.05) is 13.6 Å². The van der Waals surface area contributed by atoms with Crippen LogP contribution in [0.1, 0.15) is 6.92 Å². The Bertz CT molecular complexity index is 187. The van der Waals surface area contributed by atoms with Gasteiger partial charge in [-0.25, -0.2) is 0 Å². The Kier molecular flexibility index (Phi) is 1.61. The maximum absolute atomic E-state index is 10.9. The molecule has 0 spiro atoms. The molecule has 0 aromatic carbocycles. The Morgan fingerprint density at radius 1 is 1.80 bits per heavy atom. The van der Waals surface area contributed by atoms with Crippen LogP contribution in [0.4, 0.5) is 0 Å². The van der Waals surface area contributed by atoms with Crippen molar-refractivity contribution in [3.8, 4) is 0 Å². The van der Waals surface area contributed by atoms with E-state index in [2.05, 4.69) is 4.99 Å². The second kappa shape index (κ2) is 2.28. The van der Waals surface area contributed by atoms with Gasteiger partial charge in [-0.05, 0) is 6.92 Å². The van der Waals surface area contributed by atoms with Gasteiger partial charge >= 0.3 is 0 Å². The van der Waals surface area contributed by atoms with Crippen LogP contribution >= 0.6 is 0 Å². The molecule has 4 nitrogen and oxygen atoms in total. The van der Waals surface area contributed by atoms with Crippen molar-refractivity contribution in [1.82, 2.24) is 4.90 Å². The SMILES string of the molecule is CC1CN(C)C(=O)C(N)=N1. The van der Waals surface area contributed by atoms with Crippen molar-refractivity contribution in [1.29, 1.82) is 0 Å². The molecule has 1 aliphatic heterocycles. The van der Waals surface area contributed by atoms with Gasteiger partial charge < -0.3 is 10.6 Å². The van der Waals surface area contributed by atoms with E-state index in [0.29, 0.717) is 6.54 Å². The van der Waals surface area contributed by atoms with Crippen molar-refractivity contribution in [2.45, 2.75) is 13.0 Å². The topological polar surface area (TPSA) is 58.7 Å². The Morgan fingerprint density at radius 2 is 2.40 bits per heavy atom. The lowest BCUT2D eigenvalue weighted by Crippen LogP contribution is -2.45. The minimum absolute atomic E-state index is 0.126. The highest BCUT2D eigenvalue weighted by Crippen LogP contribution is 2.00. The Labute approximate surface area is 59.7 Å². The number of carbonyl (C=O) groups excluding carboxylic acids is 1. The lowest BCUT2D eigenvalue weighted by atomic mass is 10.2. The van der Waals surface area contributed by atoms with Crippen LogP contribution in [0, 0.1) is 0 Å². The monoisotopic (exact) mass is 141 g/mol. The number of likely N-dealkylation sites (N-methyl/N-ethyl adjacent to an activating group) is 1. The third-order valence-electron chi connectivity index (χ3n) is 1.46. The van der Waals surface area contributed by atoms with Crippen molar-refractivity contribution in [3.05, 3.63) is 0 Å². The first-order valence-corrected chi connectivity index (χ1v) is 3.20. The van der Waals surface area contributed by atoms with Crippen LogP contribution in [0.3, 0.4) is 0 Å². The van der Waals surface area contributed by atoms with Crippen LogP contribution in [0.25, 0.3) is 0 Å². The summed E-state index contributed by atoms with van der Waals surface area (Å²) in [5, 5.41) is 0. The second-order valence-corrected chi connectivity index (χ2v) is 2.55. The summed E-state index contributed by atoms with van der Waals surface area (Å²) < 4.78 is 0. The summed E-state index contributed by atoms with van der Waals surface area (Å²) in [4.78, 5) is 16.4. The van der Waals surface area contributed by atoms with Crippen LogP contribution in [0.2, 0.25) is 0 Å².